The van der Waals surface area contributed by atoms with Crippen LogP contribution in [-0.4, -0.2) is 19.1 Å². The molecular weight excluding hydrogens is 623 g/mol. The lowest BCUT2D eigenvalue weighted by atomic mass is 9.99. The number of anilines is 3. The van der Waals surface area contributed by atoms with Crippen molar-refractivity contribution in [3.63, 3.8) is 0 Å². The first-order chi connectivity index (χ1) is 24.9. The topological polar surface area (TPSA) is 38.9 Å². The third kappa shape index (κ3) is 6.26. The molecule has 2 aromatic heterocycles. The fourth-order valence-electron chi connectivity index (χ4n) is 7.19. The molecule has 0 atom stereocenters. The number of para-hydroxylation sites is 2. The number of hydrogen-bond donors (Lipinski definition) is 0. The van der Waals surface area contributed by atoms with Crippen molar-refractivity contribution in [2.45, 2.75) is 27.7 Å². The summed E-state index contributed by atoms with van der Waals surface area (Å²) in [6, 6.07) is 49.2. The summed E-state index contributed by atoms with van der Waals surface area (Å²) in [6.45, 7) is 8.64. The first kappa shape index (κ1) is 31.8. The minimum Gasteiger partial charge on any atom is -0.310 e. The molecule has 0 N–H and O–H groups in total. The molecule has 0 bridgehead atoms. The maximum absolute atomic E-state index is 4.90. The SMILES string of the molecule is Cc1cccc(C)c1-n1cnc(-c2cccc(N(c3ccccc3)c3cccc(-c4cn(-c5c(C)cc(-c6ccccc6)cc5C)cn4)c3)c2)c1. The Labute approximate surface area is 299 Å². The molecule has 0 radical (unpaired) electrons. The molecule has 5 nitrogen and oxygen atoms in total. The summed E-state index contributed by atoms with van der Waals surface area (Å²) in [5.74, 6) is 0. The average Bonchev–Trinajstić information content (AvgIpc) is 3.84. The van der Waals surface area contributed by atoms with Crippen molar-refractivity contribution in [3.05, 3.63) is 187 Å². The molecule has 5 heteroatoms. The number of imidazole rings is 2. The molecule has 248 valence electrons. The molecule has 0 amide bonds. The lowest BCUT2D eigenvalue weighted by Crippen LogP contribution is -2.10. The molecule has 0 saturated carbocycles. The van der Waals surface area contributed by atoms with Gasteiger partial charge in [-0.05, 0) is 110 Å². The van der Waals surface area contributed by atoms with Crippen molar-refractivity contribution in [2.24, 2.45) is 0 Å². The van der Waals surface area contributed by atoms with E-state index >= 15 is 0 Å². The van der Waals surface area contributed by atoms with Crippen LogP contribution in [0.1, 0.15) is 22.3 Å². The predicted octanol–water partition coefficient (Wildman–Crippen LogP) is 11.8. The fourth-order valence-corrected chi connectivity index (χ4v) is 7.19. The van der Waals surface area contributed by atoms with Gasteiger partial charge in [0.15, 0.2) is 0 Å². The number of aromatic nitrogens is 4. The van der Waals surface area contributed by atoms with Gasteiger partial charge < -0.3 is 14.0 Å². The molecule has 0 saturated heterocycles. The van der Waals surface area contributed by atoms with E-state index in [0.29, 0.717) is 0 Å². The lowest BCUT2D eigenvalue weighted by molar-refractivity contribution is 1.02. The van der Waals surface area contributed by atoms with Gasteiger partial charge in [-0.2, -0.15) is 0 Å². The van der Waals surface area contributed by atoms with Gasteiger partial charge in [0.25, 0.3) is 0 Å². The highest BCUT2D eigenvalue weighted by Crippen LogP contribution is 2.38. The maximum Gasteiger partial charge on any atom is 0.0999 e. The third-order valence-corrected chi connectivity index (χ3v) is 9.53. The molecule has 8 aromatic rings. The maximum atomic E-state index is 4.90. The first-order valence-corrected chi connectivity index (χ1v) is 17.3. The first-order valence-electron chi connectivity index (χ1n) is 17.3. The zero-order chi connectivity index (χ0) is 34.9. The number of rotatable bonds is 8. The highest BCUT2D eigenvalue weighted by atomic mass is 15.1. The molecule has 2 heterocycles. The Morgan fingerprint density at radius 1 is 0.392 bits per heavy atom. The number of benzene rings is 6. The van der Waals surface area contributed by atoms with Gasteiger partial charge >= 0.3 is 0 Å². The summed E-state index contributed by atoms with van der Waals surface area (Å²) < 4.78 is 4.28. The Morgan fingerprint density at radius 3 is 1.35 bits per heavy atom. The molecule has 0 aliphatic carbocycles. The summed E-state index contributed by atoms with van der Waals surface area (Å²) in [4.78, 5) is 12.0. The van der Waals surface area contributed by atoms with Crippen molar-refractivity contribution in [2.75, 3.05) is 4.90 Å². The van der Waals surface area contributed by atoms with Crippen molar-refractivity contribution in [1.29, 1.82) is 0 Å². The molecule has 0 aliphatic rings. The quantitative estimate of drug-likeness (QED) is 0.163. The average molecular weight is 662 g/mol. The van der Waals surface area contributed by atoms with E-state index in [9.17, 15) is 0 Å². The second-order valence-electron chi connectivity index (χ2n) is 13.2. The Hall–Kier alpha value is -6.46. The van der Waals surface area contributed by atoms with Crippen LogP contribution >= 0.6 is 0 Å². The van der Waals surface area contributed by atoms with E-state index in [2.05, 4.69) is 194 Å². The fraction of sp³-hybridized carbons (Fsp3) is 0.0870. The van der Waals surface area contributed by atoms with Crippen LogP contribution in [-0.2, 0) is 0 Å². The van der Waals surface area contributed by atoms with Crippen molar-refractivity contribution in [1.82, 2.24) is 19.1 Å². The predicted molar refractivity (Wildman–Crippen MR) is 211 cm³/mol. The van der Waals surface area contributed by atoms with E-state index in [4.69, 9.17) is 9.97 Å². The second-order valence-corrected chi connectivity index (χ2v) is 13.2. The number of hydrogen-bond acceptors (Lipinski definition) is 3. The molecule has 0 spiro atoms. The molecular formula is C46H39N5. The minimum absolute atomic E-state index is 0.918. The van der Waals surface area contributed by atoms with Crippen LogP contribution in [0.3, 0.4) is 0 Å². The molecule has 8 rings (SSSR count). The Balaban J connectivity index is 1.14. The molecule has 0 aliphatic heterocycles. The van der Waals surface area contributed by atoms with Crippen molar-refractivity contribution < 1.29 is 0 Å². The van der Waals surface area contributed by atoms with Gasteiger partial charge in [0.05, 0.1) is 35.4 Å². The number of aryl methyl sites for hydroxylation is 4. The summed E-state index contributed by atoms with van der Waals surface area (Å²) in [5.41, 5.74) is 16.8. The largest absolute Gasteiger partial charge is 0.310 e. The Morgan fingerprint density at radius 2 is 0.824 bits per heavy atom. The highest BCUT2D eigenvalue weighted by Gasteiger charge is 2.17. The summed E-state index contributed by atoms with van der Waals surface area (Å²) in [6.07, 6.45) is 8.10. The summed E-state index contributed by atoms with van der Waals surface area (Å²) in [5, 5.41) is 0. The van der Waals surface area contributed by atoms with Crippen LogP contribution in [0.5, 0.6) is 0 Å². The Bertz CT molecular complexity index is 2430. The van der Waals surface area contributed by atoms with E-state index in [0.717, 1.165) is 45.3 Å². The van der Waals surface area contributed by atoms with Crippen LogP contribution in [0.25, 0.3) is 45.0 Å². The van der Waals surface area contributed by atoms with Crippen molar-refractivity contribution >= 4 is 17.1 Å². The van der Waals surface area contributed by atoms with E-state index in [1.54, 1.807) is 0 Å². The van der Waals surface area contributed by atoms with Crippen LogP contribution in [0, 0.1) is 27.7 Å². The second kappa shape index (κ2) is 13.4. The smallest absolute Gasteiger partial charge is 0.0999 e. The van der Waals surface area contributed by atoms with Gasteiger partial charge in [0.2, 0.25) is 0 Å². The van der Waals surface area contributed by atoms with Crippen LogP contribution in [0.2, 0.25) is 0 Å². The van der Waals surface area contributed by atoms with E-state index < -0.39 is 0 Å². The third-order valence-electron chi connectivity index (χ3n) is 9.53. The van der Waals surface area contributed by atoms with Crippen LogP contribution < -0.4 is 4.90 Å². The van der Waals surface area contributed by atoms with Crippen molar-refractivity contribution in [3.8, 4) is 45.0 Å². The number of nitrogens with zero attached hydrogens (tertiary/aromatic N) is 5. The standard InChI is InChI=1S/C46H39N5/c1-32-14-11-15-33(2)45(32)49-28-43(47-30-49)37-18-12-22-41(26-37)51(40-20-9-6-10-21-40)42-23-13-19-38(27-42)44-29-50(31-48-44)46-34(3)24-39(25-35(46)4)36-16-7-5-8-17-36/h5-31H,1-4H3. The normalized spacial score (nSPS) is 11.1. The van der Waals surface area contributed by atoms with Crippen LogP contribution in [0.15, 0.2) is 165 Å². The van der Waals surface area contributed by atoms with E-state index in [1.165, 1.54) is 39.1 Å². The highest BCUT2D eigenvalue weighted by molar-refractivity contribution is 5.81. The van der Waals surface area contributed by atoms with Gasteiger partial charge in [0.1, 0.15) is 0 Å². The van der Waals surface area contributed by atoms with Gasteiger partial charge in [-0.1, -0.05) is 91.0 Å². The minimum atomic E-state index is 0.918. The van der Waals surface area contributed by atoms with Gasteiger partial charge in [-0.3, -0.25) is 0 Å². The van der Waals surface area contributed by atoms with E-state index in [-0.39, 0.29) is 0 Å². The summed E-state index contributed by atoms with van der Waals surface area (Å²) >= 11 is 0. The Kier molecular flexibility index (Phi) is 8.38. The zero-order valence-corrected chi connectivity index (χ0v) is 29.3. The molecule has 51 heavy (non-hydrogen) atoms. The lowest BCUT2D eigenvalue weighted by Gasteiger charge is -2.26. The van der Waals surface area contributed by atoms with Gasteiger partial charge in [-0.15, -0.1) is 0 Å². The molecule has 6 aromatic carbocycles. The molecule has 0 fully saturated rings. The van der Waals surface area contributed by atoms with Gasteiger partial charge in [-0.25, -0.2) is 9.97 Å². The van der Waals surface area contributed by atoms with Gasteiger partial charge in [0, 0.05) is 40.6 Å². The van der Waals surface area contributed by atoms with Crippen LogP contribution in [0.4, 0.5) is 17.1 Å². The molecule has 0 unspecified atom stereocenters. The summed E-state index contributed by atoms with van der Waals surface area (Å²) in [7, 11) is 0. The zero-order valence-electron chi connectivity index (χ0n) is 29.3. The van der Waals surface area contributed by atoms with E-state index in [1.807, 2.05) is 12.7 Å². The monoisotopic (exact) mass is 661 g/mol.